The van der Waals surface area contributed by atoms with Gasteiger partial charge >= 0.3 is 0 Å². The van der Waals surface area contributed by atoms with E-state index in [2.05, 4.69) is 15.0 Å². The molecular formula is C28H24ClFN4O4S. The summed E-state index contributed by atoms with van der Waals surface area (Å²) in [6.07, 6.45) is 5.75. The van der Waals surface area contributed by atoms with Gasteiger partial charge in [-0.05, 0) is 74.1 Å². The molecule has 1 aliphatic heterocycles. The van der Waals surface area contributed by atoms with Gasteiger partial charge in [0.15, 0.2) is 21.4 Å². The highest BCUT2D eigenvalue weighted by atomic mass is 35.5. The number of nitrogens with one attached hydrogen (secondary N) is 1. The van der Waals surface area contributed by atoms with Crippen LogP contribution in [-0.2, 0) is 22.8 Å². The topological polar surface area (TPSA) is 114 Å². The summed E-state index contributed by atoms with van der Waals surface area (Å²) in [5.74, 6) is -1.35. The number of halogens is 2. The Morgan fingerprint density at radius 1 is 1.26 bits per heavy atom. The Morgan fingerprint density at radius 2 is 2.05 bits per heavy atom. The first-order valence-electron chi connectivity index (χ1n) is 12.6. The van der Waals surface area contributed by atoms with Crippen LogP contribution < -0.4 is 5.56 Å². The van der Waals surface area contributed by atoms with E-state index in [9.17, 15) is 22.4 Å². The highest BCUT2D eigenvalue weighted by molar-refractivity contribution is 7.93. The molecule has 0 atom stereocenters. The van der Waals surface area contributed by atoms with Gasteiger partial charge in [-0.25, -0.2) is 22.8 Å². The van der Waals surface area contributed by atoms with Gasteiger partial charge in [0.2, 0.25) is 0 Å². The predicted molar refractivity (Wildman–Crippen MR) is 149 cm³/mol. The van der Waals surface area contributed by atoms with Crippen molar-refractivity contribution in [3.8, 4) is 11.1 Å². The number of sulfone groups is 1. The lowest BCUT2D eigenvalue weighted by Gasteiger charge is -2.16. The largest absolute Gasteiger partial charge is 0.333 e. The molecule has 11 heteroatoms. The number of H-pyrrole nitrogens is 1. The van der Waals surface area contributed by atoms with Gasteiger partial charge in [0, 0.05) is 34.5 Å². The number of aliphatic imine (C=N–C) groups is 1. The molecule has 1 saturated carbocycles. The van der Waals surface area contributed by atoms with Gasteiger partial charge in [-0.2, -0.15) is 0 Å². The molecule has 6 rings (SSSR count). The average Bonchev–Trinajstić information content (AvgIpc) is 3.71. The maximum Gasteiger partial charge on any atom is 0.255 e. The molecule has 0 spiro atoms. The molecule has 2 aliphatic rings. The van der Waals surface area contributed by atoms with E-state index >= 15 is 0 Å². The number of carbonyl (C=O) groups excluding carboxylic acids is 1. The van der Waals surface area contributed by atoms with E-state index in [4.69, 9.17) is 11.6 Å². The Balaban J connectivity index is 1.63. The minimum atomic E-state index is -3.68. The van der Waals surface area contributed by atoms with Crippen molar-refractivity contribution in [2.75, 3.05) is 5.75 Å². The number of aromatic nitrogens is 3. The molecule has 1 aromatic carbocycles. The van der Waals surface area contributed by atoms with Crippen molar-refractivity contribution in [2.45, 2.75) is 44.4 Å². The molecule has 4 aromatic rings. The number of hydrogen-bond acceptors (Lipinski definition) is 6. The third-order valence-corrected chi connectivity index (χ3v) is 9.73. The molecule has 0 unspecified atom stereocenters. The van der Waals surface area contributed by atoms with Crippen molar-refractivity contribution in [1.82, 2.24) is 14.5 Å². The minimum absolute atomic E-state index is 0.0110. The van der Waals surface area contributed by atoms with Gasteiger partial charge in [0.05, 0.1) is 23.0 Å². The lowest BCUT2D eigenvalue weighted by Crippen LogP contribution is -2.23. The van der Waals surface area contributed by atoms with E-state index in [1.54, 1.807) is 35.9 Å². The minimum Gasteiger partial charge on any atom is -0.333 e. The molecule has 39 heavy (non-hydrogen) atoms. The third-order valence-electron chi connectivity index (χ3n) is 7.25. The number of aromatic amines is 1. The number of rotatable bonds is 7. The molecule has 0 radical (unpaired) electrons. The number of benzene rings is 1. The highest BCUT2D eigenvalue weighted by Crippen LogP contribution is 2.38. The predicted octanol–water partition coefficient (Wildman–Crippen LogP) is 4.95. The van der Waals surface area contributed by atoms with Crippen LogP contribution in [0.25, 0.3) is 22.0 Å². The van der Waals surface area contributed by atoms with Gasteiger partial charge < -0.3 is 9.55 Å². The summed E-state index contributed by atoms with van der Waals surface area (Å²) in [4.78, 5) is 38.2. The molecule has 0 bridgehead atoms. The first-order chi connectivity index (χ1) is 18.6. The van der Waals surface area contributed by atoms with Crippen molar-refractivity contribution in [1.29, 1.82) is 0 Å². The SMILES string of the molecule is Cc1cc2c(-c3ccc[nH]c3=O)c(C(=O)CS(=O)(=O)C3CC3)n(Cc3cc4c(nc3Cl)N=CCC4)c2cc1F. The number of carbonyl (C=O) groups is 1. The molecule has 200 valence electrons. The van der Waals surface area contributed by atoms with Crippen LogP contribution in [0.15, 0.2) is 46.3 Å². The lowest BCUT2D eigenvalue weighted by atomic mass is 10.0. The van der Waals surface area contributed by atoms with Crippen molar-refractivity contribution in [2.24, 2.45) is 4.99 Å². The summed E-state index contributed by atoms with van der Waals surface area (Å²) in [5, 5.41) is 0.0946. The van der Waals surface area contributed by atoms with E-state index < -0.39 is 38.0 Å². The zero-order valence-corrected chi connectivity index (χ0v) is 22.6. The lowest BCUT2D eigenvalue weighted by molar-refractivity contribution is 0.101. The number of nitrogens with zero attached hydrogens (tertiary/aromatic N) is 3. The van der Waals surface area contributed by atoms with E-state index in [0.29, 0.717) is 47.1 Å². The summed E-state index contributed by atoms with van der Waals surface area (Å²) < 4.78 is 42.3. The van der Waals surface area contributed by atoms with Crippen LogP contribution in [0, 0.1) is 12.7 Å². The van der Waals surface area contributed by atoms with Gasteiger partial charge in [0.25, 0.3) is 5.56 Å². The van der Waals surface area contributed by atoms with Gasteiger partial charge in [-0.3, -0.25) is 9.59 Å². The fourth-order valence-corrected chi connectivity index (χ4v) is 6.92. The molecular weight excluding hydrogens is 543 g/mol. The first kappa shape index (κ1) is 25.6. The fraction of sp³-hybridized carbons (Fsp3) is 0.286. The molecule has 1 aliphatic carbocycles. The maximum atomic E-state index is 15.0. The van der Waals surface area contributed by atoms with E-state index in [1.165, 1.54) is 12.3 Å². The first-order valence-corrected chi connectivity index (χ1v) is 14.7. The highest BCUT2D eigenvalue weighted by Gasteiger charge is 2.38. The molecule has 1 fully saturated rings. The Hall–Kier alpha value is -3.63. The number of hydrogen-bond donors (Lipinski definition) is 1. The van der Waals surface area contributed by atoms with Gasteiger partial charge in [-0.15, -0.1) is 0 Å². The second-order valence-electron chi connectivity index (χ2n) is 10.0. The monoisotopic (exact) mass is 566 g/mol. The van der Waals surface area contributed by atoms with Crippen LogP contribution >= 0.6 is 11.6 Å². The summed E-state index contributed by atoms with van der Waals surface area (Å²) in [5.41, 5.74) is 2.13. The standard InChI is InChI=1S/C28H24ClFN4O4S/c1-15-10-20-22(12-21(15)30)34(13-17-11-16-4-2-8-31-27(16)33-26(17)29)25(23(35)14-39(37,38)18-6-7-18)24(20)19-5-3-9-32-28(19)36/h3,5,8-12,18H,2,4,6-7,13-14H2,1H3,(H,32,36). The average molecular weight is 567 g/mol. The number of aryl methyl sites for hydroxylation is 2. The number of Topliss-reactive ketones (excluding diaryl/α,β-unsaturated/α-hetero) is 1. The summed E-state index contributed by atoms with van der Waals surface area (Å²) >= 11 is 6.55. The smallest absolute Gasteiger partial charge is 0.255 e. The molecule has 8 nitrogen and oxygen atoms in total. The Morgan fingerprint density at radius 3 is 2.79 bits per heavy atom. The zero-order valence-electron chi connectivity index (χ0n) is 21.0. The van der Waals surface area contributed by atoms with Crippen LogP contribution in [0.4, 0.5) is 10.2 Å². The zero-order chi connectivity index (χ0) is 27.5. The molecule has 0 saturated heterocycles. The van der Waals surface area contributed by atoms with Gasteiger partial charge in [-0.1, -0.05) is 11.6 Å². The van der Waals surface area contributed by atoms with Crippen LogP contribution in [0.2, 0.25) is 5.15 Å². The van der Waals surface area contributed by atoms with Crippen LogP contribution in [0.3, 0.4) is 0 Å². The molecule has 0 amide bonds. The van der Waals surface area contributed by atoms with Crippen LogP contribution in [0.1, 0.15) is 46.4 Å². The van der Waals surface area contributed by atoms with E-state index in [-0.39, 0.29) is 28.5 Å². The maximum absolute atomic E-state index is 15.0. The second kappa shape index (κ2) is 9.53. The van der Waals surface area contributed by atoms with Crippen molar-refractivity contribution in [3.63, 3.8) is 0 Å². The number of ketones is 1. The van der Waals surface area contributed by atoms with Crippen molar-refractivity contribution < 1.29 is 17.6 Å². The van der Waals surface area contributed by atoms with Crippen LogP contribution in [-0.4, -0.2) is 46.0 Å². The number of fused-ring (bicyclic) bond motifs is 2. The Bertz CT molecular complexity index is 1870. The number of pyridine rings is 2. The Kier molecular flexibility index (Phi) is 6.27. The van der Waals surface area contributed by atoms with Gasteiger partial charge in [0.1, 0.15) is 16.7 Å². The van der Waals surface area contributed by atoms with Crippen molar-refractivity contribution >= 4 is 50.2 Å². The van der Waals surface area contributed by atoms with Crippen molar-refractivity contribution in [3.05, 3.63) is 80.2 Å². The van der Waals surface area contributed by atoms with E-state index in [1.807, 2.05) is 6.07 Å². The Labute approximate surface area is 228 Å². The third kappa shape index (κ3) is 4.61. The fourth-order valence-electron chi connectivity index (χ4n) is 5.14. The van der Waals surface area contributed by atoms with Crippen LogP contribution in [0.5, 0.6) is 0 Å². The normalized spacial score (nSPS) is 15.1. The molecule has 1 N–H and O–H groups in total. The van der Waals surface area contributed by atoms with E-state index in [0.717, 1.165) is 12.0 Å². The summed E-state index contributed by atoms with van der Waals surface area (Å²) in [7, 11) is -3.68. The molecule has 3 aromatic heterocycles. The second-order valence-corrected chi connectivity index (χ2v) is 12.7. The summed E-state index contributed by atoms with van der Waals surface area (Å²) in [6.45, 7) is 1.60. The molecule has 4 heterocycles. The quantitative estimate of drug-likeness (QED) is 0.251. The summed E-state index contributed by atoms with van der Waals surface area (Å²) in [6, 6.07) is 7.93.